The molecule has 9 heteroatoms. The van der Waals surface area contributed by atoms with E-state index in [1.807, 2.05) is 6.92 Å². The first-order valence-electron chi connectivity index (χ1n) is 6.73. The Labute approximate surface area is 128 Å². The minimum atomic E-state index is -3.31. The smallest absolute Gasteiger partial charge is 0.224 e. The van der Waals surface area contributed by atoms with Crippen LogP contribution < -0.4 is 10.2 Å². The van der Waals surface area contributed by atoms with Crippen LogP contribution in [0.25, 0.3) is 0 Å². The highest BCUT2D eigenvalue weighted by atomic mass is 32.2. The predicted octanol–water partition coefficient (Wildman–Crippen LogP) is 1.36. The van der Waals surface area contributed by atoms with E-state index in [1.165, 1.54) is 11.2 Å². The van der Waals surface area contributed by atoms with Crippen molar-refractivity contribution in [3.8, 4) is 0 Å². The third-order valence-electron chi connectivity index (χ3n) is 3.11. The second-order valence-corrected chi connectivity index (χ2v) is 8.20. The molecule has 1 unspecified atom stereocenters. The average Bonchev–Trinajstić information content (AvgIpc) is 2.45. The third kappa shape index (κ3) is 3.97. The lowest BCUT2D eigenvalue weighted by Crippen LogP contribution is -2.47. The maximum atomic E-state index is 14.0. The highest BCUT2D eigenvalue weighted by molar-refractivity contribution is 8.01. The monoisotopic (exact) mass is 334 g/mol. The van der Waals surface area contributed by atoms with Gasteiger partial charge in [0.05, 0.1) is 6.20 Å². The Kier molecular flexibility index (Phi) is 5.26. The Morgan fingerprint density at radius 2 is 2.33 bits per heavy atom. The number of thioether (sulfide) groups is 1. The molecule has 1 aromatic heterocycles. The molecule has 1 aliphatic heterocycles. The van der Waals surface area contributed by atoms with Crippen molar-refractivity contribution in [1.29, 1.82) is 0 Å². The summed E-state index contributed by atoms with van der Waals surface area (Å²) < 4.78 is 37.8. The molecular weight excluding hydrogens is 315 g/mol. The fourth-order valence-corrected chi connectivity index (χ4v) is 4.88. The van der Waals surface area contributed by atoms with Gasteiger partial charge < -0.3 is 10.2 Å². The molecular formula is C12H19FN4O2S2. The van der Waals surface area contributed by atoms with E-state index in [9.17, 15) is 12.8 Å². The van der Waals surface area contributed by atoms with Gasteiger partial charge in [0.25, 0.3) is 0 Å². The number of rotatable bonds is 5. The molecule has 2 heterocycles. The van der Waals surface area contributed by atoms with Crippen molar-refractivity contribution in [3.63, 3.8) is 0 Å². The zero-order chi connectivity index (χ0) is 15.5. The topological polar surface area (TPSA) is 75.2 Å². The van der Waals surface area contributed by atoms with Crippen molar-refractivity contribution < 1.29 is 12.8 Å². The van der Waals surface area contributed by atoms with E-state index in [4.69, 9.17) is 0 Å². The zero-order valence-corrected chi connectivity index (χ0v) is 13.7. The fourth-order valence-electron chi connectivity index (χ4n) is 2.06. The Hall–Kier alpha value is -1.09. The van der Waals surface area contributed by atoms with Gasteiger partial charge in [-0.15, -0.1) is 0 Å². The Morgan fingerprint density at radius 1 is 1.57 bits per heavy atom. The molecule has 1 N–H and O–H groups in total. The van der Waals surface area contributed by atoms with Gasteiger partial charge in [0.15, 0.2) is 21.5 Å². The Bertz CT molecular complexity index is 597. The maximum Gasteiger partial charge on any atom is 0.224 e. The van der Waals surface area contributed by atoms with E-state index in [0.717, 1.165) is 18.4 Å². The van der Waals surface area contributed by atoms with Crippen LogP contribution in [0.15, 0.2) is 6.20 Å². The molecule has 1 fully saturated rings. The molecule has 0 bridgehead atoms. The van der Waals surface area contributed by atoms with E-state index in [0.29, 0.717) is 24.8 Å². The van der Waals surface area contributed by atoms with Gasteiger partial charge in [0, 0.05) is 30.9 Å². The summed E-state index contributed by atoms with van der Waals surface area (Å²) in [6.07, 6.45) is 3.15. The lowest BCUT2D eigenvalue weighted by molar-refractivity contribution is 0.573. The van der Waals surface area contributed by atoms with E-state index in [1.54, 1.807) is 11.8 Å². The van der Waals surface area contributed by atoms with Gasteiger partial charge in [-0.3, -0.25) is 0 Å². The van der Waals surface area contributed by atoms with Crippen LogP contribution in [0.3, 0.4) is 0 Å². The first-order chi connectivity index (χ1) is 9.93. The van der Waals surface area contributed by atoms with Crippen LogP contribution in [0.4, 0.5) is 16.2 Å². The van der Waals surface area contributed by atoms with Crippen molar-refractivity contribution >= 4 is 33.4 Å². The van der Waals surface area contributed by atoms with Crippen LogP contribution >= 0.6 is 11.8 Å². The summed E-state index contributed by atoms with van der Waals surface area (Å²) in [7, 11) is -3.31. The van der Waals surface area contributed by atoms with Crippen LogP contribution in [-0.4, -0.2) is 54.6 Å². The highest BCUT2D eigenvalue weighted by Crippen LogP contribution is 2.27. The average molecular weight is 334 g/mol. The molecule has 118 valence electrons. The summed E-state index contributed by atoms with van der Waals surface area (Å²) in [5.74, 6) is 0.934. The Balaban J connectivity index is 2.33. The summed E-state index contributed by atoms with van der Waals surface area (Å²) in [4.78, 5) is 9.56. The normalized spacial score (nSPS) is 19.6. The first kappa shape index (κ1) is 16.3. The number of hydrogen-bond acceptors (Lipinski definition) is 7. The summed E-state index contributed by atoms with van der Waals surface area (Å²) in [5.41, 5.74) is 0. The molecule has 21 heavy (non-hydrogen) atoms. The number of nitrogens with one attached hydrogen (secondary N) is 1. The number of hydrogen-bond donors (Lipinski definition) is 1. The SMILES string of the molecule is CCCNc1ncc(F)c(N2CCSCC2S(C)(=O)=O)n1. The summed E-state index contributed by atoms with van der Waals surface area (Å²) in [6.45, 7) is 3.12. The minimum Gasteiger partial charge on any atom is -0.354 e. The number of sulfone groups is 1. The largest absolute Gasteiger partial charge is 0.354 e. The summed E-state index contributed by atoms with van der Waals surface area (Å²) >= 11 is 1.55. The molecule has 2 rings (SSSR count). The maximum absolute atomic E-state index is 14.0. The molecule has 0 radical (unpaired) electrons. The summed E-state index contributed by atoms with van der Waals surface area (Å²) in [5, 5.41) is 2.23. The number of halogens is 1. The molecule has 1 aromatic rings. The van der Waals surface area contributed by atoms with Gasteiger partial charge in [-0.05, 0) is 6.42 Å². The van der Waals surface area contributed by atoms with Gasteiger partial charge in [0.1, 0.15) is 5.37 Å². The number of nitrogens with zero attached hydrogens (tertiary/aromatic N) is 3. The van der Waals surface area contributed by atoms with Crippen molar-refractivity contribution in [2.24, 2.45) is 0 Å². The van der Waals surface area contributed by atoms with Gasteiger partial charge in [-0.1, -0.05) is 6.92 Å². The van der Waals surface area contributed by atoms with E-state index in [-0.39, 0.29) is 5.82 Å². The van der Waals surface area contributed by atoms with E-state index >= 15 is 0 Å². The number of aromatic nitrogens is 2. The van der Waals surface area contributed by atoms with Crippen LogP contribution in [0.2, 0.25) is 0 Å². The molecule has 0 aromatic carbocycles. The lowest BCUT2D eigenvalue weighted by Gasteiger charge is -2.35. The lowest BCUT2D eigenvalue weighted by atomic mass is 10.4. The molecule has 0 spiro atoms. The van der Waals surface area contributed by atoms with E-state index in [2.05, 4.69) is 15.3 Å². The van der Waals surface area contributed by atoms with Crippen molar-refractivity contribution in [2.75, 3.05) is 41.1 Å². The van der Waals surface area contributed by atoms with E-state index < -0.39 is 21.0 Å². The fraction of sp³-hybridized carbons (Fsp3) is 0.667. The number of anilines is 2. The predicted molar refractivity (Wildman–Crippen MR) is 84.1 cm³/mol. The second-order valence-electron chi connectivity index (χ2n) is 4.84. The third-order valence-corrected chi connectivity index (χ3v) is 5.75. The standard InChI is InChI=1S/C12H19FN4O2S2/c1-3-4-14-12-15-7-9(13)11(16-12)17-5-6-20-8-10(17)21(2,18)19/h7,10H,3-6,8H2,1-2H3,(H,14,15,16). The summed E-state index contributed by atoms with van der Waals surface area (Å²) in [6, 6.07) is 0. The van der Waals surface area contributed by atoms with Crippen LogP contribution in [-0.2, 0) is 9.84 Å². The zero-order valence-electron chi connectivity index (χ0n) is 12.0. The van der Waals surface area contributed by atoms with Gasteiger partial charge in [-0.2, -0.15) is 16.7 Å². The minimum absolute atomic E-state index is 0.0549. The molecule has 0 aliphatic carbocycles. The second kappa shape index (κ2) is 6.78. The van der Waals surface area contributed by atoms with Crippen LogP contribution in [0.1, 0.15) is 13.3 Å². The van der Waals surface area contributed by atoms with Gasteiger partial charge in [-0.25, -0.2) is 17.8 Å². The molecule has 1 atom stereocenters. The van der Waals surface area contributed by atoms with Crippen LogP contribution in [0.5, 0.6) is 0 Å². The van der Waals surface area contributed by atoms with Gasteiger partial charge >= 0.3 is 0 Å². The quantitative estimate of drug-likeness (QED) is 0.871. The first-order valence-corrected chi connectivity index (χ1v) is 9.84. The molecule has 0 amide bonds. The van der Waals surface area contributed by atoms with Crippen molar-refractivity contribution in [2.45, 2.75) is 18.7 Å². The highest BCUT2D eigenvalue weighted by Gasteiger charge is 2.33. The molecule has 1 saturated heterocycles. The molecule has 1 aliphatic rings. The van der Waals surface area contributed by atoms with Crippen molar-refractivity contribution in [1.82, 2.24) is 9.97 Å². The molecule has 0 saturated carbocycles. The van der Waals surface area contributed by atoms with Crippen molar-refractivity contribution in [3.05, 3.63) is 12.0 Å². The molecule has 6 nitrogen and oxygen atoms in total. The van der Waals surface area contributed by atoms with Crippen LogP contribution in [0, 0.1) is 5.82 Å². The van der Waals surface area contributed by atoms with Gasteiger partial charge in [0.2, 0.25) is 5.95 Å². The Morgan fingerprint density at radius 3 is 3.00 bits per heavy atom.